The average Bonchev–Trinajstić information content (AvgIpc) is 3.11. The van der Waals surface area contributed by atoms with Crippen LogP contribution in [0.25, 0.3) is 16.8 Å². The van der Waals surface area contributed by atoms with Crippen molar-refractivity contribution in [2.45, 2.75) is 20.8 Å². The number of nitrogens with one attached hydrogen (secondary N) is 2. The van der Waals surface area contributed by atoms with E-state index in [4.69, 9.17) is 0 Å². The first-order valence-corrected chi connectivity index (χ1v) is 9.22. The molecule has 0 radical (unpaired) electrons. The highest BCUT2D eigenvalue weighted by molar-refractivity contribution is 5.95. The van der Waals surface area contributed by atoms with Crippen molar-refractivity contribution < 1.29 is 9.59 Å². The number of pyridine rings is 2. The molecule has 9 heteroatoms. The lowest BCUT2D eigenvalue weighted by molar-refractivity contribution is 0.0764. The third kappa shape index (κ3) is 3.93. The molecule has 146 valence electrons. The Bertz CT molecular complexity index is 981. The number of rotatable bonds is 6. The van der Waals surface area contributed by atoms with Crippen LogP contribution in [0.4, 0.5) is 10.7 Å². The van der Waals surface area contributed by atoms with E-state index in [1.54, 1.807) is 23.4 Å². The van der Waals surface area contributed by atoms with E-state index in [2.05, 4.69) is 25.7 Å². The van der Waals surface area contributed by atoms with Gasteiger partial charge < -0.3 is 10.2 Å². The highest BCUT2D eigenvalue weighted by atomic mass is 16.2. The van der Waals surface area contributed by atoms with E-state index in [-0.39, 0.29) is 11.9 Å². The minimum Gasteiger partial charge on any atom is -0.338 e. The van der Waals surface area contributed by atoms with E-state index in [1.165, 1.54) is 4.52 Å². The average molecular weight is 381 g/mol. The summed E-state index contributed by atoms with van der Waals surface area (Å²) >= 11 is 0. The lowest BCUT2D eigenvalue weighted by Gasteiger charge is -2.19. The summed E-state index contributed by atoms with van der Waals surface area (Å²) in [6.45, 7) is 7.30. The molecule has 28 heavy (non-hydrogen) atoms. The molecule has 0 aliphatic rings. The number of anilines is 1. The monoisotopic (exact) mass is 381 g/mol. The Morgan fingerprint density at radius 3 is 2.57 bits per heavy atom. The molecule has 0 atom stereocenters. The molecule has 0 unspecified atom stereocenters. The van der Waals surface area contributed by atoms with Crippen molar-refractivity contribution in [3.63, 3.8) is 0 Å². The molecule has 3 aromatic heterocycles. The van der Waals surface area contributed by atoms with Crippen LogP contribution in [0, 0.1) is 0 Å². The molecular formula is C19H23N7O2. The molecule has 0 saturated heterocycles. The molecule has 0 fully saturated rings. The second-order valence-electron chi connectivity index (χ2n) is 6.04. The molecule has 0 aliphatic heterocycles. The van der Waals surface area contributed by atoms with Gasteiger partial charge in [0.25, 0.3) is 11.9 Å². The Morgan fingerprint density at radius 2 is 1.93 bits per heavy atom. The second-order valence-corrected chi connectivity index (χ2v) is 6.04. The van der Waals surface area contributed by atoms with Crippen molar-refractivity contribution >= 4 is 23.5 Å². The Kier molecular flexibility index (Phi) is 5.83. The number of aromatic nitrogens is 4. The number of hydrogen-bond acceptors (Lipinski definition) is 5. The number of urea groups is 1. The van der Waals surface area contributed by atoms with Crippen molar-refractivity contribution in [2.24, 2.45) is 0 Å². The SMILES string of the molecule is CCNC(=O)Nc1nc2cc(-c3cccnc3)cc(C(=O)N(CC)CC)n2n1. The van der Waals surface area contributed by atoms with Gasteiger partial charge in [-0.3, -0.25) is 15.1 Å². The molecule has 3 rings (SSSR count). The Balaban J connectivity index is 2.12. The van der Waals surface area contributed by atoms with Gasteiger partial charge >= 0.3 is 6.03 Å². The summed E-state index contributed by atoms with van der Waals surface area (Å²) in [5.74, 6) is -0.0296. The Labute approximate surface area is 162 Å². The summed E-state index contributed by atoms with van der Waals surface area (Å²) < 4.78 is 1.46. The topological polar surface area (TPSA) is 105 Å². The van der Waals surface area contributed by atoms with Gasteiger partial charge in [-0.15, -0.1) is 5.10 Å². The molecule has 0 aromatic carbocycles. The Morgan fingerprint density at radius 1 is 1.14 bits per heavy atom. The number of hydrogen-bond donors (Lipinski definition) is 2. The number of fused-ring (bicyclic) bond motifs is 1. The predicted octanol–water partition coefficient (Wildman–Crippen LogP) is 2.41. The van der Waals surface area contributed by atoms with Crippen molar-refractivity contribution in [3.8, 4) is 11.1 Å². The number of nitrogens with zero attached hydrogens (tertiary/aromatic N) is 5. The van der Waals surface area contributed by atoms with Crippen molar-refractivity contribution in [1.82, 2.24) is 29.8 Å². The van der Waals surface area contributed by atoms with Crippen LogP contribution >= 0.6 is 0 Å². The lowest BCUT2D eigenvalue weighted by atomic mass is 10.1. The minimum atomic E-state index is -0.400. The van der Waals surface area contributed by atoms with Gasteiger partial charge in [-0.1, -0.05) is 6.07 Å². The summed E-state index contributed by atoms with van der Waals surface area (Å²) in [7, 11) is 0. The summed E-state index contributed by atoms with van der Waals surface area (Å²) in [6.07, 6.45) is 3.41. The van der Waals surface area contributed by atoms with E-state index in [1.807, 2.05) is 39.0 Å². The molecule has 0 bridgehead atoms. The van der Waals surface area contributed by atoms with Crippen molar-refractivity contribution in [3.05, 3.63) is 42.4 Å². The van der Waals surface area contributed by atoms with Gasteiger partial charge in [0, 0.05) is 37.6 Å². The fraction of sp³-hybridized carbons (Fsp3) is 0.316. The third-order valence-electron chi connectivity index (χ3n) is 4.26. The van der Waals surface area contributed by atoms with E-state index < -0.39 is 6.03 Å². The van der Waals surface area contributed by atoms with Crippen LogP contribution in [-0.2, 0) is 0 Å². The highest BCUT2D eigenvalue weighted by Crippen LogP contribution is 2.23. The third-order valence-corrected chi connectivity index (χ3v) is 4.26. The first kappa shape index (κ1) is 19.3. The number of amides is 3. The second kappa shape index (κ2) is 8.47. The molecule has 0 aliphatic carbocycles. The van der Waals surface area contributed by atoms with Gasteiger partial charge in [0.1, 0.15) is 5.69 Å². The van der Waals surface area contributed by atoms with Crippen LogP contribution in [0.3, 0.4) is 0 Å². The number of carbonyl (C=O) groups is 2. The van der Waals surface area contributed by atoms with Gasteiger partial charge in [0.15, 0.2) is 5.65 Å². The van der Waals surface area contributed by atoms with Crippen molar-refractivity contribution in [1.29, 1.82) is 0 Å². The lowest BCUT2D eigenvalue weighted by Crippen LogP contribution is -2.32. The van der Waals surface area contributed by atoms with E-state index >= 15 is 0 Å². The molecule has 3 amide bonds. The van der Waals surface area contributed by atoms with E-state index in [9.17, 15) is 9.59 Å². The highest BCUT2D eigenvalue weighted by Gasteiger charge is 2.20. The van der Waals surface area contributed by atoms with E-state index in [0.717, 1.165) is 11.1 Å². The zero-order valence-corrected chi connectivity index (χ0v) is 16.1. The summed E-state index contributed by atoms with van der Waals surface area (Å²) in [5.41, 5.74) is 2.49. The standard InChI is InChI=1S/C19H23N7O2/c1-4-21-19(28)23-18-22-16-11-14(13-8-7-9-20-12-13)10-15(26(16)24-18)17(27)25(5-2)6-3/h7-12H,4-6H2,1-3H3,(H2,21,23,24,28). The van der Waals surface area contributed by atoms with Crippen LogP contribution in [0.5, 0.6) is 0 Å². The fourth-order valence-corrected chi connectivity index (χ4v) is 2.87. The smallest absolute Gasteiger partial charge is 0.321 e. The first-order valence-electron chi connectivity index (χ1n) is 9.22. The van der Waals surface area contributed by atoms with Gasteiger partial charge in [0.2, 0.25) is 0 Å². The molecular weight excluding hydrogens is 358 g/mol. The van der Waals surface area contributed by atoms with Crippen LogP contribution in [-0.4, -0.2) is 56.1 Å². The molecule has 0 spiro atoms. The van der Waals surface area contributed by atoms with Crippen LogP contribution in [0.1, 0.15) is 31.3 Å². The molecule has 3 heterocycles. The van der Waals surface area contributed by atoms with Crippen molar-refractivity contribution in [2.75, 3.05) is 25.0 Å². The normalized spacial score (nSPS) is 10.7. The quantitative estimate of drug-likeness (QED) is 0.682. The van der Waals surface area contributed by atoms with Crippen LogP contribution in [0.15, 0.2) is 36.7 Å². The zero-order valence-electron chi connectivity index (χ0n) is 16.1. The molecule has 2 N–H and O–H groups in total. The minimum absolute atomic E-state index is 0.128. The van der Waals surface area contributed by atoms with Gasteiger partial charge in [-0.2, -0.15) is 4.98 Å². The molecule has 9 nitrogen and oxygen atoms in total. The molecule has 0 saturated carbocycles. The fourth-order valence-electron chi connectivity index (χ4n) is 2.87. The predicted molar refractivity (Wildman–Crippen MR) is 106 cm³/mol. The van der Waals surface area contributed by atoms with Gasteiger partial charge in [0.05, 0.1) is 0 Å². The largest absolute Gasteiger partial charge is 0.338 e. The molecule has 3 aromatic rings. The maximum atomic E-state index is 13.1. The maximum absolute atomic E-state index is 13.1. The number of carbonyl (C=O) groups excluding carboxylic acids is 2. The van der Waals surface area contributed by atoms with Gasteiger partial charge in [-0.25, -0.2) is 9.31 Å². The van der Waals surface area contributed by atoms with E-state index in [0.29, 0.717) is 31.0 Å². The summed E-state index contributed by atoms with van der Waals surface area (Å²) in [5, 5.41) is 9.52. The summed E-state index contributed by atoms with van der Waals surface area (Å²) in [4.78, 5) is 35.1. The maximum Gasteiger partial charge on any atom is 0.321 e. The van der Waals surface area contributed by atoms with Crippen LogP contribution in [0.2, 0.25) is 0 Å². The van der Waals surface area contributed by atoms with Gasteiger partial charge in [-0.05, 0) is 44.5 Å². The van der Waals surface area contributed by atoms with Crippen LogP contribution < -0.4 is 10.6 Å². The Hall–Kier alpha value is -3.49. The zero-order chi connectivity index (χ0) is 20.1. The summed E-state index contributed by atoms with van der Waals surface area (Å²) in [6, 6.07) is 6.93. The first-order chi connectivity index (χ1) is 13.6.